The van der Waals surface area contributed by atoms with Gasteiger partial charge in [0.15, 0.2) is 12.6 Å². The molecule has 0 aromatic heterocycles. The van der Waals surface area contributed by atoms with E-state index < -0.39 is 44.4 Å². The molecule has 63 heavy (non-hydrogen) atoms. The van der Waals surface area contributed by atoms with Crippen LogP contribution in [-0.4, -0.2) is 77.6 Å². The molecule has 0 radical (unpaired) electrons. The van der Waals surface area contributed by atoms with Gasteiger partial charge < -0.3 is 37.6 Å². The Bertz CT molecular complexity index is 2110. The maximum absolute atomic E-state index is 13.8. The van der Waals surface area contributed by atoms with Crippen molar-refractivity contribution in [1.82, 2.24) is 0 Å². The van der Waals surface area contributed by atoms with Crippen LogP contribution in [0.1, 0.15) is 88.1 Å². The monoisotopic (exact) mass is 876 g/mol. The Kier molecular flexibility index (Phi) is 17.3. The topological polar surface area (TPSA) is 108 Å². The van der Waals surface area contributed by atoms with Gasteiger partial charge in [0.2, 0.25) is 0 Å². The Morgan fingerprint density at radius 1 is 0.857 bits per heavy atom. The Balaban J connectivity index is 1.49. The number of esters is 2. The summed E-state index contributed by atoms with van der Waals surface area (Å²) in [6, 6.07) is 33.4. The molecule has 0 bridgehead atoms. The second-order valence-electron chi connectivity index (χ2n) is 17.0. The number of hydrogen-bond acceptors (Lipinski definition) is 10. The third-order valence-electron chi connectivity index (χ3n) is 10.9. The molecule has 11 heteroatoms. The standard InChI is InChI=1S/C52H64O10Si/c1-11-33-57-41-34-40(47(50(54)56-12-2)46(35-41)58-36-55-10)25-22-30-45-48(61-52(8,9)60-45)44(59-49(53)39-23-16-13-17-24-39)32-31-37(3)38(4)62-63(51(5,6)7,42-26-18-14-19-27-42)43-28-20-15-21-29-43/h11,13-29,31-32,34-35,37-38,44-45,48H,1,12,30,33,36H2,2-10H3/b25-22+,32-31-/t37-,38+,44?,45+,48-/m1/s1. The quantitative estimate of drug-likeness (QED) is 0.0348. The molecule has 1 saturated heterocycles. The third kappa shape index (κ3) is 12.5. The van der Waals surface area contributed by atoms with Crippen LogP contribution in [0.15, 0.2) is 134 Å². The Hall–Kier alpha value is -5.30. The molecule has 0 amide bonds. The number of benzene rings is 4. The smallest absolute Gasteiger partial charge is 0.342 e. The predicted molar refractivity (Wildman–Crippen MR) is 250 cm³/mol. The van der Waals surface area contributed by atoms with Crippen molar-refractivity contribution in [3.05, 3.63) is 151 Å². The highest BCUT2D eigenvalue weighted by atomic mass is 28.4. The van der Waals surface area contributed by atoms with Crippen LogP contribution in [0.3, 0.4) is 0 Å². The third-order valence-corrected chi connectivity index (χ3v) is 16.0. The first-order valence-corrected chi connectivity index (χ1v) is 23.5. The molecule has 4 aromatic rings. The minimum Gasteiger partial charge on any atom is -0.489 e. The van der Waals surface area contributed by atoms with E-state index in [2.05, 4.69) is 95.8 Å². The van der Waals surface area contributed by atoms with Gasteiger partial charge in [0.25, 0.3) is 8.32 Å². The number of ether oxygens (including phenoxy) is 7. The zero-order chi connectivity index (χ0) is 45.6. The van der Waals surface area contributed by atoms with Crippen LogP contribution in [0.2, 0.25) is 5.04 Å². The van der Waals surface area contributed by atoms with Gasteiger partial charge in [-0.2, -0.15) is 0 Å². The molecule has 1 unspecified atom stereocenters. The van der Waals surface area contributed by atoms with Gasteiger partial charge >= 0.3 is 11.9 Å². The molecular weight excluding hydrogens is 813 g/mol. The molecule has 0 spiro atoms. The summed E-state index contributed by atoms with van der Waals surface area (Å²) in [4.78, 5) is 27.1. The van der Waals surface area contributed by atoms with E-state index in [-0.39, 0.29) is 48.4 Å². The summed E-state index contributed by atoms with van der Waals surface area (Å²) in [5.74, 6) is -1.45. The van der Waals surface area contributed by atoms with Crippen LogP contribution in [0.25, 0.3) is 6.08 Å². The number of carbonyl (C=O) groups is 2. The van der Waals surface area contributed by atoms with Crippen LogP contribution < -0.4 is 19.8 Å². The average molecular weight is 877 g/mol. The van der Waals surface area contributed by atoms with Crippen molar-refractivity contribution < 1.29 is 47.2 Å². The van der Waals surface area contributed by atoms with Crippen LogP contribution >= 0.6 is 0 Å². The predicted octanol–water partition coefficient (Wildman–Crippen LogP) is 9.72. The van der Waals surface area contributed by atoms with Gasteiger partial charge in [0, 0.05) is 19.3 Å². The maximum Gasteiger partial charge on any atom is 0.342 e. The second-order valence-corrected chi connectivity index (χ2v) is 21.3. The average Bonchev–Trinajstić information content (AvgIpc) is 3.58. The largest absolute Gasteiger partial charge is 0.489 e. The summed E-state index contributed by atoms with van der Waals surface area (Å²) in [6.45, 7) is 20.5. The van der Waals surface area contributed by atoms with Crippen LogP contribution in [-0.2, 0) is 28.1 Å². The fraction of sp³-hybridized carbons (Fsp3) is 0.385. The van der Waals surface area contributed by atoms with Crippen molar-refractivity contribution in [2.45, 2.75) is 97.1 Å². The van der Waals surface area contributed by atoms with E-state index in [0.717, 1.165) is 0 Å². The van der Waals surface area contributed by atoms with Gasteiger partial charge in [-0.25, -0.2) is 9.59 Å². The van der Waals surface area contributed by atoms with Gasteiger partial charge in [0.1, 0.15) is 35.9 Å². The van der Waals surface area contributed by atoms with Gasteiger partial charge in [-0.05, 0) is 85.3 Å². The summed E-state index contributed by atoms with van der Waals surface area (Å²) in [7, 11) is -1.37. The number of hydrogen-bond donors (Lipinski definition) is 0. The van der Waals surface area contributed by atoms with E-state index >= 15 is 0 Å². The number of methoxy groups -OCH3 is 1. The SMILES string of the molecule is C=CCOc1cc(/C=C/C[C@@H]2OC(C)(C)O[C@@H]2C(/C=C\[C@@H](C)[C@H](C)O[Si](c2ccccc2)(c2ccccc2)C(C)(C)C)OC(=O)c2ccccc2)c(C(=O)OCC)c(OCOC)c1. The van der Waals surface area contributed by atoms with E-state index in [4.69, 9.17) is 37.6 Å². The zero-order valence-electron chi connectivity index (χ0n) is 38.2. The summed E-state index contributed by atoms with van der Waals surface area (Å²) in [5.41, 5.74) is 1.14. The van der Waals surface area contributed by atoms with Gasteiger partial charge in [-0.3, -0.25) is 0 Å². The fourth-order valence-corrected chi connectivity index (χ4v) is 12.6. The second kappa shape index (κ2) is 22.4. The Labute approximate surface area is 374 Å². The molecule has 0 saturated carbocycles. The molecule has 10 nitrogen and oxygen atoms in total. The minimum atomic E-state index is -2.86. The highest BCUT2D eigenvalue weighted by Crippen LogP contribution is 2.39. The van der Waals surface area contributed by atoms with Gasteiger partial charge in [0.05, 0.1) is 18.3 Å². The molecule has 0 N–H and O–H groups in total. The van der Waals surface area contributed by atoms with E-state index in [1.54, 1.807) is 55.5 Å². The maximum atomic E-state index is 13.8. The Morgan fingerprint density at radius 2 is 1.48 bits per heavy atom. The van der Waals surface area contributed by atoms with Crippen molar-refractivity contribution in [3.63, 3.8) is 0 Å². The normalized spacial score (nSPS) is 17.9. The van der Waals surface area contributed by atoms with E-state index in [1.165, 1.54) is 17.5 Å². The van der Waals surface area contributed by atoms with Gasteiger partial charge in [-0.15, -0.1) is 0 Å². The van der Waals surface area contributed by atoms with Crippen molar-refractivity contribution in [3.8, 4) is 11.5 Å². The Morgan fingerprint density at radius 3 is 2.05 bits per heavy atom. The summed E-state index contributed by atoms with van der Waals surface area (Å²) >= 11 is 0. The number of rotatable bonds is 21. The number of carbonyl (C=O) groups excluding carboxylic acids is 2. The van der Waals surface area contributed by atoms with Gasteiger partial charge in [-0.1, -0.05) is 137 Å². The molecule has 336 valence electrons. The summed E-state index contributed by atoms with van der Waals surface area (Å²) < 4.78 is 49.1. The first-order valence-electron chi connectivity index (χ1n) is 21.6. The molecule has 1 fully saturated rings. The van der Waals surface area contributed by atoms with Crippen LogP contribution in [0.5, 0.6) is 11.5 Å². The molecule has 1 aliphatic heterocycles. The molecule has 1 aliphatic rings. The lowest BCUT2D eigenvalue weighted by molar-refractivity contribution is -0.152. The summed E-state index contributed by atoms with van der Waals surface area (Å²) in [5, 5.41) is 2.18. The van der Waals surface area contributed by atoms with Crippen LogP contribution in [0, 0.1) is 5.92 Å². The molecule has 1 heterocycles. The first-order chi connectivity index (χ1) is 30.1. The molecule has 0 aliphatic carbocycles. The highest BCUT2D eigenvalue weighted by Gasteiger charge is 2.51. The van der Waals surface area contributed by atoms with Crippen molar-refractivity contribution in [2.24, 2.45) is 5.92 Å². The molecule has 4 aromatic carbocycles. The lowest BCUT2D eigenvalue weighted by Crippen LogP contribution is -2.67. The lowest BCUT2D eigenvalue weighted by atomic mass is 9.99. The van der Waals surface area contributed by atoms with Crippen molar-refractivity contribution >= 4 is 36.7 Å². The molecular formula is C52H64O10Si. The molecule has 5 rings (SSSR count). The summed E-state index contributed by atoms with van der Waals surface area (Å²) in [6.07, 6.45) is 7.25. The zero-order valence-corrected chi connectivity index (χ0v) is 39.2. The van der Waals surface area contributed by atoms with Crippen LogP contribution in [0.4, 0.5) is 0 Å². The minimum absolute atomic E-state index is 0.0932. The van der Waals surface area contributed by atoms with E-state index in [0.29, 0.717) is 23.3 Å². The van der Waals surface area contributed by atoms with E-state index in [9.17, 15) is 9.59 Å². The first kappa shape index (κ1) is 48.7. The fourth-order valence-electron chi connectivity index (χ4n) is 7.79. The van der Waals surface area contributed by atoms with Crippen molar-refractivity contribution in [2.75, 3.05) is 27.1 Å². The van der Waals surface area contributed by atoms with E-state index in [1.807, 2.05) is 44.2 Å². The molecule has 5 atom stereocenters. The lowest BCUT2D eigenvalue weighted by Gasteiger charge is -2.45. The van der Waals surface area contributed by atoms with Crippen molar-refractivity contribution in [1.29, 1.82) is 0 Å². The highest BCUT2D eigenvalue weighted by molar-refractivity contribution is 6.99.